The lowest BCUT2D eigenvalue weighted by molar-refractivity contribution is 0.159. The monoisotopic (exact) mass is 386 g/mol. The molecule has 3 aromatic carbocycles. The Balaban J connectivity index is 2.03. The molecule has 29 heavy (non-hydrogen) atoms. The predicted octanol–water partition coefficient (Wildman–Crippen LogP) is 4.62. The molecule has 0 aliphatic carbocycles. The first kappa shape index (κ1) is 17.6. The quantitative estimate of drug-likeness (QED) is 0.294. The van der Waals surface area contributed by atoms with Gasteiger partial charge in [0, 0.05) is 24.4 Å². The molecule has 1 aromatic heterocycles. The molecule has 1 aliphatic heterocycles. The van der Waals surface area contributed by atoms with Crippen molar-refractivity contribution in [3.8, 4) is 11.5 Å². The molecule has 0 saturated heterocycles. The molecule has 0 saturated carbocycles. The number of hydrogen-bond donors (Lipinski definition) is 1. The highest BCUT2D eigenvalue weighted by Gasteiger charge is 2.27. The fourth-order valence-electron chi connectivity index (χ4n) is 4.31. The zero-order chi connectivity index (χ0) is 20.5. The van der Waals surface area contributed by atoms with E-state index in [2.05, 4.69) is 4.57 Å². The lowest BCUT2D eigenvalue weighted by Crippen LogP contribution is -2.28. The van der Waals surface area contributed by atoms with Gasteiger partial charge in [-0.05, 0) is 55.0 Å². The fraction of sp³-hybridized carbons (Fsp3) is 0.208. The number of rotatable bonds is 1. The Labute approximate surface area is 167 Å². The molecule has 0 bridgehead atoms. The number of ether oxygens (including phenoxy) is 2. The van der Waals surface area contributed by atoms with Crippen LogP contribution in [0.3, 0.4) is 0 Å². The number of nitrogens with zero attached hydrogens (tertiary/aromatic N) is 1. The average molecular weight is 386 g/mol. The smallest absolute Gasteiger partial charge is 0.201 e. The minimum Gasteiger partial charge on any atom is -0.496 e. The third kappa shape index (κ3) is 2.43. The number of benzene rings is 3. The van der Waals surface area contributed by atoms with Crippen LogP contribution in [0.25, 0.3) is 38.7 Å². The van der Waals surface area contributed by atoms with Gasteiger partial charge in [-0.2, -0.15) is 0 Å². The van der Waals surface area contributed by atoms with Gasteiger partial charge in [-0.15, -0.1) is 0 Å². The molecule has 0 spiro atoms. The molecular formula is C24H22N2O3. The third-order valence-corrected chi connectivity index (χ3v) is 5.68. The highest BCUT2D eigenvalue weighted by Crippen LogP contribution is 2.41. The van der Waals surface area contributed by atoms with Crippen molar-refractivity contribution in [1.29, 1.82) is 0 Å². The molecule has 2 heterocycles. The predicted molar refractivity (Wildman–Crippen MR) is 119 cm³/mol. The van der Waals surface area contributed by atoms with Crippen LogP contribution in [0.5, 0.6) is 11.5 Å². The van der Waals surface area contributed by atoms with Gasteiger partial charge in [-0.3, -0.25) is 4.79 Å². The SMILES string of the molecule is COc1cc2c(c3c1c(=O)c1c4ccc(N)cc4ccc1n3C)C=CC(C)(C)O2. The molecule has 0 radical (unpaired) electrons. The van der Waals surface area contributed by atoms with E-state index >= 15 is 0 Å². The number of hydrogen-bond acceptors (Lipinski definition) is 4. The first-order chi connectivity index (χ1) is 13.8. The molecule has 0 fully saturated rings. The van der Waals surface area contributed by atoms with Crippen molar-refractivity contribution in [2.45, 2.75) is 19.4 Å². The molecule has 2 N–H and O–H groups in total. The largest absolute Gasteiger partial charge is 0.496 e. The van der Waals surface area contributed by atoms with Crippen LogP contribution in [0.2, 0.25) is 0 Å². The van der Waals surface area contributed by atoms with Crippen LogP contribution < -0.4 is 20.6 Å². The van der Waals surface area contributed by atoms with Gasteiger partial charge in [-0.25, -0.2) is 0 Å². The lowest BCUT2D eigenvalue weighted by atomic mass is 9.96. The highest BCUT2D eigenvalue weighted by atomic mass is 16.5. The van der Waals surface area contributed by atoms with Gasteiger partial charge in [0.25, 0.3) is 0 Å². The number of nitrogens with two attached hydrogens (primary N) is 1. The van der Waals surface area contributed by atoms with Crippen molar-refractivity contribution in [2.24, 2.45) is 7.05 Å². The fourth-order valence-corrected chi connectivity index (χ4v) is 4.31. The Hall–Kier alpha value is -3.47. The Morgan fingerprint density at radius 1 is 1.10 bits per heavy atom. The first-order valence-corrected chi connectivity index (χ1v) is 9.54. The molecule has 0 unspecified atom stereocenters. The van der Waals surface area contributed by atoms with E-state index in [1.807, 2.05) is 69.4 Å². The van der Waals surface area contributed by atoms with Crippen molar-refractivity contribution in [2.75, 3.05) is 12.8 Å². The summed E-state index contributed by atoms with van der Waals surface area (Å²) in [5.41, 5.74) is 8.69. The van der Waals surface area contributed by atoms with E-state index in [4.69, 9.17) is 15.2 Å². The molecule has 5 heteroatoms. The summed E-state index contributed by atoms with van der Waals surface area (Å²) in [6.07, 6.45) is 4.05. The third-order valence-electron chi connectivity index (χ3n) is 5.68. The van der Waals surface area contributed by atoms with Crippen LogP contribution in [-0.4, -0.2) is 17.3 Å². The van der Waals surface area contributed by atoms with Crippen molar-refractivity contribution in [1.82, 2.24) is 4.57 Å². The van der Waals surface area contributed by atoms with Crippen molar-refractivity contribution in [3.63, 3.8) is 0 Å². The number of aryl methyl sites for hydroxylation is 1. The van der Waals surface area contributed by atoms with Crippen LogP contribution in [0.1, 0.15) is 19.4 Å². The summed E-state index contributed by atoms with van der Waals surface area (Å²) >= 11 is 0. The van der Waals surface area contributed by atoms with Gasteiger partial charge < -0.3 is 19.8 Å². The van der Waals surface area contributed by atoms with Crippen LogP contribution in [-0.2, 0) is 7.05 Å². The van der Waals surface area contributed by atoms with Crippen molar-refractivity contribution >= 4 is 44.3 Å². The summed E-state index contributed by atoms with van der Waals surface area (Å²) in [6, 6.07) is 11.4. The second-order valence-corrected chi connectivity index (χ2v) is 8.08. The summed E-state index contributed by atoms with van der Waals surface area (Å²) in [6.45, 7) is 4.00. The molecule has 146 valence electrons. The molecule has 4 aromatic rings. The van der Waals surface area contributed by atoms with Gasteiger partial charge >= 0.3 is 0 Å². The molecule has 5 rings (SSSR count). The average Bonchev–Trinajstić information content (AvgIpc) is 2.68. The van der Waals surface area contributed by atoms with Gasteiger partial charge in [0.15, 0.2) is 0 Å². The minimum absolute atomic E-state index is 0.0543. The molecule has 1 aliphatic rings. The van der Waals surface area contributed by atoms with E-state index in [1.165, 1.54) is 0 Å². The van der Waals surface area contributed by atoms with Crippen molar-refractivity contribution < 1.29 is 9.47 Å². The second kappa shape index (κ2) is 5.77. The van der Waals surface area contributed by atoms with E-state index in [9.17, 15) is 4.79 Å². The van der Waals surface area contributed by atoms with Gasteiger partial charge in [0.2, 0.25) is 5.43 Å². The summed E-state index contributed by atoms with van der Waals surface area (Å²) in [4.78, 5) is 13.7. The standard InChI is InChI=1S/C24H22N2O3/c1-24(2)10-9-16-18(29-24)12-19(28-4)21-22(16)26(3)17-8-5-13-11-14(25)6-7-15(13)20(17)23(21)27/h5-12H,25H2,1-4H3. The number of anilines is 1. The normalized spacial score (nSPS) is 14.9. The summed E-state index contributed by atoms with van der Waals surface area (Å²) in [7, 11) is 3.55. The van der Waals surface area contributed by atoms with Gasteiger partial charge in [-0.1, -0.05) is 12.1 Å². The number of nitrogen functional groups attached to an aromatic ring is 1. The topological polar surface area (TPSA) is 66.5 Å². The minimum atomic E-state index is -0.419. The Morgan fingerprint density at radius 3 is 2.66 bits per heavy atom. The van der Waals surface area contributed by atoms with Crippen LogP contribution in [0.4, 0.5) is 5.69 Å². The summed E-state index contributed by atoms with van der Waals surface area (Å²) in [5.74, 6) is 1.23. The van der Waals surface area contributed by atoms with Crippen LogP contribution in [0, 0.1) is 0 Å². The second-order valence-electron chi connectivity index (χ2n) is 8.08. The number of aromatic nitrogens is 1. The van der Waals surface area contributed by atoms with Crippen molar-refractivity contribution in [3.05, 3.63) is 58.3 Å². The number of methoxy groups -OCH3 is 1. The van der Waals surface area contributed by atoms with Crippen LogP contribution in [0.15, 0.2) is 47.3 Å². The van der Waals surface area contributed by atoms with Crippen LogP contribution >= 0.6 is 0 Å². The van der Waals surface area contributed by atoms with E-state index < -0.39 is 5.60 Å². The zero-order valence-electron chi connectivity index (χ0n) is 16.9. The highest BCUT2D eigenvalue weighted by molar-refractivity contribution is 6.12. The Morgan fingerprint density at radius 2 is 1.90 bits per heavy atom. The van der Waals surface area contributed by atoms with Gasteiger partial charge in [0.1, 0.15) is 17.1 Å². The van der Waals surface area contributed by atoms with E-state index in [1.54, 1.807) is 7.11 Å². The maximum absolute atomic E-state index is 13.7. The van der Waals surface area contributed by atoms with E-state index in [-0.39, 0.29) is 5.43 Å². The van der Waals surface area contributed by atoms with Gasteiger partial charge in [0.05, 0.1) is 28.9 Å². The first-order valence-electron chi connectivity index (χ1n) is 9.54. The molecule has 0 atom stereocenters. The summed E-state index contributed by atoms with van der Waals surface area (Å²) in [5, 5.41) is 3.04. The zero-order valence-corrected chi connectivity index (χ0v) is 16.9. The van der Waals surface area contributed by atoms with E-state index in [0.717, 1.165) is 27.4 Å². The Bertz CT molecular complexity index is 1430. The Kier molecular flexibility index (Phi) is 3.50. The maximum Gasteiger partial charge on any atom is 0.201 e. The number of fused-ring (bicyclic) bond motifs is 6. The number of pyridine rings is 1. The molecule has 5 nitrogen and oxygen atoms in total. The summed E-state index contributed by atoms with van der Waals surface area (Å²) < 4.78 is 13.9. The van der Waals surface area contributed by atoms with E-state index in [0.29, 0.717) is 28.0 Å². The molecular weight excluding hydrogens is 364 g/mol. The lowest BCUT2D eigenvalue weighted by Gasteiger charge is -2.29. The molecule has 0 amide bonds. The maximum atomic E-state index is 13.7.